The van der Waals surface area contributed by atoms with Crippen molar-refractivity contribution in [3.8, 4) is 5.82 Å². The number of fused-ring (bicyclic) bond motifs is 1. The molecule has 17 heavy (non-hydrogen) atoms. The fourth-order valence-electron chi connectivity index (χ4n) is 2.41. The zero-order valence-electron chi connectivity index (χ0n) is 9.65. The Morgan fingerprint density at radius 3 is 2.88 bits per heavy atom. The third kappa shape index (κ3) is 1.79. The van der Waals surface area contributed by atoms with Gasteiger partial charge in [-0.25, -0.2) is 9.67 Å². The molecule has 0 radical (unpaired) electrons. The Morgan fingerprint density at radius 2 is 2.06 bits per heavy atom. The largest absolute Gasteiger partial charge is 0.293 e. The van der Waals surface area contributed by atoms with Crippen molar-refractivity contribution in [3.63, 3.8) is 0 Å². The standard InChI is InChI=1S/C13H15N3O/c17-13-10-6-2-1-3-7-11(10)15-16(13)12-8-4-5-9-14-12/h4-5,8-9,15H,1-3,6-7H2. The van der Waals surface area contributed by atoms with Gasteiger partial charge < -0.3 is 0 Å². The Labute approximate surface area is 99.3 Å². The second kappa shape index (κ2) is 4.20. The molecular formula is C13H15N3O. The van der Waals surface area contributed by atoms with Crippen LogP contribution in [0.5, 0.6) is 0 Å². The van der Waals surface area contributed by atoms with Gasteiger partial charge in [-0.3, -0.25) is 9.89 Å². The van der Waals surface area contributed by atoms with Gasteiger partial charge in [-0.05, 0) is 37.8 Å². The van der Waals surface area contributed by atoms with Gasteiger partial charge >= 0.3 is 0 Å². The van der Waals surface area contributed by atoms with Gasteiger partial charge in [0.05, 0.1) is 0 Å². The number of hydrogen-bond acceptors (Lipinski definition) is 2. The number of aromatic nitrogens is 3. The van der Waals surface area contributed by atoms with Crippen molar-refractivity contribution < 1.29 is 0 Å². The molecule has 1 aliphatic carbocycles. The summed E-state index contributed by atoms with van der Waals surface area (Å²) in [4.78, 5) is 16.5. The zero-order chi connectivity index (χ0) is 11.7. The van der Waals surface area contributed by atoms with E-state index in [-0.39, 0.29) is 5.56 Å². The summed E-state index contributed by atoms with van der Waals surface area (Å²) in [6, 6.07) is 5.58. The molecule has 2 aromatic heterocycles. The van der Waals surface area contributed by atoms with Crippen LogP contribution in [-0.4, -0.2) is 14.8 Å². The maximum Gasteiger partial charge on any atom is 0.276 e. The van der Waals surface area contributed by atoms with Gasteiger partial charge in [0.25, 0.3) is 5.56 Å². The lowest BCUT2D eigenvalue weighted by Gasteiger charge is -1.99. The highest BCUT2D eigenvalue weighted by molar-refractivity contribution is 5.27. The fourth-order valence-corrected chi connectivity index (χ4v) is 2.41. The number of nitrogens with one attached hydrogen (secondary N) is 1. The summed E-state index contributed by atoms with van der Waals surface area (Å²) >= 11 is 0. The van der Waals surface area contributed by atoms with Crippen LogP contribution in [0.1, 0.15) is 30.5 Å². The lowest BCUT2D eigenvalue weighted by atomic mass is 10.1. The monoisotopic (exact) mass is 229 g/mol. The summed E-state index contributed by atoms with van der Waals surface area (Å²) < 4.78 is 1.57. The smallest absolute Gasteiger partial charge is 0.276 e. The maximum atomic E-state index is 12.3. The topological polar surface area (TPSA) is 50.7 Å². The van der Waals surface area contributed by atoms with Crippen LogP contribution in [0.3, 0.4) is 0 Å². The predicted octanol–water partition coefficient (Wildman–Crippen LogP) is 1.83. The van der Waals surface area contributed by atoms with Gasteiger partial charge in [0, 0.05) is 17.5 Å². The van der Waals surface area contributed by atoms with Gasteiger partial charge in [0.2, 0.25) is 0 Å². The van der Waals surface area contributed by atoms with Crippen molar-refractivity contribution >= 4 is 0 Å². The molecule has 88 valence electrons. The number of nitrogens with zero attached hydrogens (tertiary/aromatic N) is 2. The van der Waals surface area contributed by atoms with E-state index in [1.165, 1.54) is 6.42 Å². The van der Waals surface area contributed by atoms with Crippen molar-refractivity contribution in [1.82, 2.24) is 14.8 Å². The molecular weight excluding hydrogens is 214 g/mol. The lowest BCUT2D eigenvalue weighted by Crippen LogP contribution is -2.18. The number of rotatable bonds is 1. The Morgan fingerprint density at radius 1 is 1.18 bits per heavy atom. The number of H-pyrrole nitrogens is 1. The Hall–Kier alpha value is -1.84. The van der Waals surface area contributed by atoms with Crippen molar-refractivity contribution in [2.45, 2.75) is 32.1 Å². The summed E-state index contributed by atoms with van der Waals surface area (Å²) in [6.07, 6.45) is 7.06. The van der Waals surface area contributed by atoms with E-state index in [0.717, 1.165) is 36.9 Å². The summed E-state index contributed by atoms with van der Waals surface area (Å²) in [6.45, 7) is 0. The number of aromatic amines is 1. The van der Waals surface area contributed by atoms with E-state index in [0.29, 0.717) is 5.82 Å². The van der Waals surface area contributed by atoms with Crippen LogP contribution in [0.25, 0.3) is 5.82 Å². The average Bonchev–Trinajstić information content (AvgIpc) is 2.56. The average molecular weight is 229 g/mol. The molecule has 0 saturated carbocycles. The van der Waals surface area contributed by atoms with E-state index in [1.807, 2.05) is 18.2 Å². The summed E-state index contributed by atoms with van der Waals surface area (Å²) in [5.74, 6) is 0.672. The number of aryl methyl sites for hydroxylation is 1. The van der Waals surface area contributed by atoms with Gasteiger partial charge in [0.15, 0.2) is 5.82 Å². The highest BCUT2D eigenvalue weighted by atomic mass is 16.1. The minimum Gasteiger partial charge on any atom is -0.293 e. The van der Waals surface area contributed by atoms with Crippen LogP contribution in [-0.2, 0) is 12.8 Å². The van der Waals surface area contributed by atoms with Crippen molar-refractivity contribution in [3.05, 3.63) is 46.0 Å². The number of pyridine rings is 1. The first-order chi connectivity index (χ1) is 8.36. The molecule has 1 N–H and O–H groups in total. The van der Waals surface area contributed by atoms with Crippen LogP contribution in [0.15, 0.2) is 29.2 Å². The molecule has 0 amide bonds. The summed E-state index contributed by atoms with van der Waals surface area (Å²) in [5, 5.41) is 3.20. The second-order valence-corrected chi connectivity index (χ2v) is 4.46. The molecule has 4 heteroatoms. The third-order valence-electron chi connectivity index (χ3n) is 3.30. The quantitative estimate of drug-likeness (QED) is 0.758. The summed E-state index contributed by atoms with van der Waals surface area (Å²) in [5.41, 5.74) is 2.12. The number of hydrogen-bond donors (Lipinski definition) is 1. The molecule has 0 unspecified atom stereocenters. The molecule has 4 nitrogen and oxygen atoms in total. The third-order valence-corrected chi connectivity index (χ3v) is 3.30. The van der Waals surface area contributed by atoms with Gasteiger partial charge in [-0.15, -0.1) is 0 Å². The first-order valence-corrected chi connectivity index (χ1v) is 6.10. The van der Waals surface area contributed by atoms with E-state index >= 15 is 0 Å². The Bertz CT molecular complexity index is 568. The van der Waals surface area contributed by atoms with Crippen molar-refractivity contribution in [1.29, 1.82) is 0 Å². The van der Waals surface area contributed by atoms with Crippen LogP contribution in [0.2, 0.25) is 0 Å². The normalized spacial score (nSPS) is 15.3. The minimum atomic E-state index is 0.0700. The molecule has 0 atom stereocenters. The molecule has 3 rings (SSSR count). The molecule has 0 saturated heterocycles. The van der Waals surface area contributed by atoms with Gasteiger partial charge in [-0.1, -0.05) is 12.5 Å². The molecule has 0 aromatic carbocycles. The highest BCUT2D eigenvalue weighted by Crippen LogP contribution is 2.16. The van der Waals surface area contributed by atoms with E-state index < -0.39 is 0 Å². The van der Waals surface area contributed by atoms with Crippen molar-refractivity contribution in [2.24, 2.45) is 0 Å². The maximum absolute atomic E-state index is 12.3. The molecule has 2 heterocycles. The lowest BCUT2D eigenvalue weighted by molar-refractivity contribution is 0.687. The van der Waals surface area contributed by atoms with Crippen LogP contribution >= 0.6 is 0 Å². The van der Waals surface area contributed by atoms with E-state index in [2.05, 4.69) is 10.1 Å². The van der Waals surface area contributed by atoms with E-state index in [1.54, 1.807) is 10.9 Å². The Balaban J connectivity index is 2.11. The van der Waals surface area contributed by atoms with Crippen LogP contribution in [0, 0.1) is 0 Å². The molecule has 0 bridgehead atoms. The van der Waals surface area contributed by atoms with Crippen LogP contribution in [0.4, 0.5) is 0 Å². The molecule has 1 aliphatic rings. The summed E-state index contributed by atoms with van der Waals surface area (Å²) in [7, 11) is 0. The first kappa shape index (κ1) is 10.3. The van der Waals surface area contributed by atoms with Gasteiger partial charge in [0.1, 0.15) is 0 Å². The highest BCUT2D eigenvalue weighted by Gasteiger charge is 2.17. The molecule has 2 aromatic rings. The van der Waals surface area contributed by atoms with Gasteiger partial charge in [-0.2, -0.15) is 0 Å². The van der Waals surface area contributed by atoms with Crippen LogP contribution < -0.4 is 5.56 Å². The molecule has 0 fully saturated rings. The van der Waals surface area contributed by atoms with Crippen molar-refractivity contribution in [2.75, 3.05) is 0 Å². The second-order valence-electron chi connectivity index (χ2n) is 4.46. The molecule has 0 aliphatic heterocycles. The SMILES string of the molecule is O=c1c2c([nH]n1-c1ccccn1)CCCCC2. The minimum absolute atomic E-state index is 0.0700. The molecule has 0 spiro atoms. The zero-order valence-corrected chi connectivity index (χ0v) is 9.65. The first-order valence-electron chi connectivity index (χ1n) is 6.10. The Kier molecular flexibility index (Phi) is 2.55. The predicted molar refractivity (Wildman–Crippen MR) is 65.4 cm³/mol. The fraction of sp³-hybridized carbons (Fsp3) is 0.385. The van der Waals surface area contributed by atoms with E-state index in [4.69, 9.17) is 0 Å². The van der Waals surface area contributed by atoms with E-state index in [9.17, 15) is 4.79 Å².